The van der Waals surface area contributed by atoms with Crippen LogP contribution >= 0.6 is 23.2 Å². The van der Waals surface area contributed by atoms with Crippen LogP contribution in [0.15, 0.2) is 0 Å². The average molecular weight is 237 g/mol. The maximum Gasteiger partial charge on any atom is 0.182 e. The number of carbonyl (C=O) groups excluding carboxylic acids is 1. The van der Waals surface area contributed by atoms with Crippen molar-refractivity contribution < 1.29 is 4.79 Å². The zero-order valence-electron chi connectivity index (χ0n) is 8.22. The Kier molecular flexibility index (Phi) is 5.21. The molecule has 0 aromatic carbocycles. The Labute approximate surface area is 95.5 Å². The van der Waals surface area contributed by atoms with E-state index in [1.807, 2.05) is 0 Å². The summed E-state index contributed by atoms with van der Waals surface area (Å²) in [7, 11) is 0. The van der Waals surface area contributed by atoms with Gasteiger partial charge in [0.2, 0.25) is 0 Å². The quantitative estimate of drug-likeness (QED) is 0.700. The molecular weight excluding hydrogens is 221 g/mol. The molecule has 0 N–H and O–H groups in total. The highest BCUT2D eigenvalue weighted by Crippen LogP contribution is 2.18. The van der Waals surface area contributed by atoms with Crippen molar-refractivity contribution in [3.63, 3.8) is 0 Å². The molecule has 0 aliphatic carbocycles. The standard InChI is InChI=1S/C10H16Cl2NO/c1-2-8(9(14)10(11)12)13-6-4-3-5-7-13/h8,10H,1-7H2. The van der Waals surface area contributed by atoms with E-state index in [4.69, 9.17) is 23.2 Å². The second kappa shape index (κ2) is 5.94. The highest BCUT2D eigenvalue weighted by atomic mass is 35.5. The van der Waals surface area contributed by atoms with E-state index in [2.05, 4.69) is 11.8 Å². The molecule has 1 unspecified atom stereocenters. The fraction of sp³-hybridized carbons (Fsp3) is 0.800. The van der Waals surface area contributed by atoms with Crippen molar-refractivity contribution in [2.24, 2.45) is 0 Å². The lowest BCUT2D eigenvalue weighted by atomic mass is 10.0. The molecular formula is C10H16Cl2NO. The monoisotopic (exact) mass is 236 g/mol. The molecule has 0 saturated carbocycles. The van der Waals surface area contributed by atoms with Crippen LogP contribution in [0.25, 0.3) is 0 Å². The van der Waals surface area contributed by atoms with Gasteiger partial charge in [-0.2, -0.15) is 0 Å². The lowest BCUT2D eigenvalue weighted by Crippen LogP contribution is -2.45. The molecule has 81 valence electrons. The first kappa shape index (κ1) is 12.3. The number of ketones is 1. The molecule has 1 atom stereocenters. The van der Waals surface area contributed by atoms with Crippen LogP contribution in [0.1, 0.15) is 25.7 Å². The molecule has 0 amide bonds. The predicted molar refractivity (Wildman–Crippen MR) is 59.7 cm³/mol. The number of hydrogen-bond donors (Lipinski definition) is 0. The molecule has 0 aromatic heterocycles. The molecule has 1 saturated heterocycles. The summed E-state index contributed by atoms with van der Waals surface area (Å²) < 4.78 is 0. The lowest BCUT2D eigenvalue weighted by Gasteiger charge is -2.33. The van der Waals surface area contributed by atoms with E-state index in [1.165, 1.54) is 6.42 Å². The smallest absolute Gasteiger partial charge is 0.182 e. The zero-order chi connectivity index (χ0) is 10.6. The van der Waals surface area contributed by atoms with Gasteiger partial charge < -0.3 is 0 Å². The molecule has 1 aliphatic heterocycles. The number of Topliss-reactive ketones (excluding diaryl/α,β-unsaturated/α-hetero) is 1. The second-order valence-electron chi connectivity index (χ2n) is 3.60. The Morgan fingerprint density at radius 3 is 2.29 bits per heavy atom. The highest BCUT2D eigenvalue weighted by Gasteiger charge is 2.28. The minimum atomic E-state index is -0.913. The van der Waals surface area contributed by atoms with E-state index in [0.717, 1.165) is 25.9 Å². The van der Waals surface area contributed by atoms with E-state index < -0.39 is 4.84 Å². The summed E-state index contributed by atoms with van der Waals surface area (Å²) in [6.07, 6.45) is 4.10. The third-order valence-electron chi connectivity index (χ3n) is 2.65. The third-order valence-corrected chi connectivity index (χ3v) is 3.08. The van der Waals surface area contributed by atoms with Crippen LogP contribution in [0.4, 0.5) is 0 Å². The summed E-state index contributed by atoms with van der Waals surface area (Å²) in [6.45, 7) is 5.71. The molecule has 1 heterocycles. The maximum atomic E-state index is 11.6. The van der Waals surface area contributed by atoms with Crippen LogP contribution in [0, 0.1) is 6.92 Å². The van der Waals surface area contributed by atoms with Gasteiger partial charge in [-0.15, -0.1) is 0 Å². The van der Waals surface area contributed by atoms with Gasteiger partial charge in [-0.25, -0.2) is 0 Å². The van der Waals surface area contributed by atoms with Crippen molar-refractivity contribution in [1.82, 2.24) is 4.90 Å². The Bertz CT molecular complexity index is 191. The summed E-state index contributed by atoms with van der Waals surface area (Å²) in [4.78, 5) is 12.9. The van der Waals surface area contributed by atoms with Gasteiger partial charge in [0.15, 0.2) is 10.6 Å². The van der Waals surface area contributed by atoms with E-state index in [0.29, 0.717) is 6.42 Å². The molecule has 0 aromatic rings. The van der Waals surface area contributed by atoms with E-state index in [-0.39, 0.29) is 11.8 Å². The number of likely N-dealkylation sites (tertiary alicyclic amines) is 1. The Morgan fingerprint density at radius 2 is 1.86 bits per heavy atom. The van der Waals surface area contributed by atoms with Crippen LogP contribution in [0.2, 0.25) is 0 Å². The van der Waals surface area contributed by atoms with Crippen molar-refractivity contribution in [3.05, 3.63) is 6.92 Å². The molecule has 0 spiro atoms. The number of carbonyl (C=O) groups is 1. The second-order valence-corrected chi connectivity index (χ2v) is 4.70. The van der Waals surface area contributed by atoms with Gasteiger partial charge in [0, 0.05) is 0 Å². The van der Waals surface area contributed by atoms with Crippen LogP contribution < -0.4 is 0 Å². The molecule has 4 heteroatoms. The number of rotatable bonds is 4. The molecule has 1 rings (SSSR count). The topological polar surface area (TPSA) is 20.3 Å². The molecule has 1 radical (unpaired) electrons. The van der Waals surface area contributed by atoms with Gasteiger partial charge in [0.25, 0.3) is 0 Å². The number of piperidine rings is 1. The van der Waals surface area contributed by atoms with Gasteiger partial charge >= 0.3 is 0 Å². The highest BCUT2D eigenvalue weighted by molar-refractivity contribution is 6.54. The number of halogens is 2. The van der Waals surface area contributed by atoms with Gasteiger partial charge in [0.1, 0.15) is 0 Å². The van der Waals surface area contributed by atoms with Crippen molar-refractivity contribution >= 4 is 29.0 Å². The molecule has 2 nitrogen and oxygen atoms in total. The third kappa shape index (κ3) is 3.11. The van der Waals surface area contributed by atoms with Crippen LogP contribution in [-0.4, -0.2) is 34.7 Å². The maximum absolute atomic E-state index is 11.6. The van der Waals surface area contributed by atoms with E-state index >= 15 is 0 Å². The number of nitrogens with zero attached hydrogens (tertiary/aromatic N) is 1. The van der Waals surface area contributed by atoms with Gasteiger partial charge in [-0.1, -0.05) is 36.5 Å². The summed E-state index contributed by atoms with van der Waals surface area (Å²) in [6, 6.07) is -0.185. The SMILES string of the molecule is [CH2]CC(C(=O)C(Cl)Cl)N1CCCCC1. The summed E-state index contributed by atoms with van der Waals surface area (Å²) in [5, 5.41) is 0. The normalized spacial score (nSPS) is 21.1. The van der Waals surface area contributed by atoms with Gasteiger partial charge in [0.05, 0.1) is 6.04 Å². The van der Waals surface area contributed by atoms with Crippen LogP contribution in [0.5, 0.6) is 0 Å². The van der Waals surface area contributed by atoms with E-state index in [1.54, 1.807) is 0 Å². The largest absolute Gasteiger partial charge is 0.295 e. The van der Waals surface area contributed by atoms with Crippen molar-refractivity contribution in [1.29, 1.82) is 0 Å². The first-order valence-electron chi connectivity index (χ1n) is 5.02. The van der Waals surface area contributed by atoms with Crippen molar-refractivity contribution in [2.75, 3.05) is 13.1 Å². The van der Waals surface area contributed by atoms with Gasteiger partial charge in [-0.3, -0.25) is 9.69 Å². The van der Waals surface area contributed by atoms with Crippen molar-refractivity contribution in [3.8, 4) is 0 Å². The fourth-order valence-electron chi connectivity index (χ4n) is 1.88. The summed E-state index contributed by atoms with van der Waals surface area (Å²) in [5.74, 6) is -0.106. The number of hydrogen-bond acceptors (Lipinski definition) is 2. The molecule has 0 bridgehead atoms. The Balaban J connectivity index is 2.55. The Morgan fingerprint density at radius 1 is 1.29 bits per heavy atom. The summed E-state index contributed by atoms with van der Waals surface area (Å²) in [5.41, 5.74) is 0. The van der Waals surface area contributed by atoms with Crippen LogP contribution in [0.3, 0.4) is 0 Å². The first-order valence-corrected chi connectivity index (χ1v) is 5.89. The average Bonchev–Trinajstić information content (AvgIpc) is 2.20. The molecule has 1 aliphatic rings. The van der Waals surface area contributed by atoms with Gasteiger partial charge in [-0.05, 0) is 32.4 Å². The number of alkyl halides is 2. The van der Waals surface area contributed by atoms with E-state index in [9.17, 15) is 4.79 Å². The van der Waals surface area contributed by atoms with Crippen LogP contribution in [-0.2, 0) is 4.79 Å². The lowest BCUT2D eigenvalue weighted by molar-refractivity contribution is -0.122. The molecule has 1 fully saturated rings. The minimum Gasteiger partial charge on any atom is -0.295 e. The minimum absolute atomic E-state index is 0.106. The zero-order valence-corrected chi connectivity index (χ0v) is 9.73. The summed E-state index contributed by atoms with van der Waals surface area (Å²) >= 11 is 11.2. The van der Waals surface area contributed by atoms with Crippen molar-refractivity contribution in [2.45, 2.75) is 36.6 Å². The Hall–Kier alpha value is 0.210. The fourth-order valence-corrected chi connectivity index (χ4v) is 2.17. The molecule has 14 heavy (non-hydrogen) atoms. The predicted octanol–water partition coefficient (Wildman–Crippen LogP) is 2.44. The first-order chi connectivity index (χ1) is 6.66.